The number of aliphatic carboxylic acids is 1. The van der Waals surface area contributed by atoms with Crippen LogP contribution in [0.15, 0.2) is 0 Å². The molecular formula is C4H8N2O4. The highest BCUT2D eigenvalue weighted by Crippen LogP contribution is 1.67. The van der Waals surface area contributed by atoms with Crippen LogP contribution in [-0.2, 0) is 14.4 Å². The van der Waals surface area contributed by atoms with Crippen LogP contribution in [0.2, 0.25) is 0 Å². The summed E-state index contributed by atoms with van der Waals surface area (Å²) in [5.41, 5.74) is 6.73. The van der Waals surface area contributed by atoms with Gasteiger partial charge in [-0.05, 0) is 0 Å². The molecule has 0 aliphatic rings. The Morgan fingerprint density at radius 3 is 2.60 bits per heavy atom. The summed E-state index contributed by atoms with van der Waals surface area (Å²) in [5.74, 6) is -1.80. The van der Waals surface area contributed by atoms with Crippen molar-refractivity contribution in [2.24, 2.45) is 5.73 Å². The van der Waals surface area contributed by atoms with Crippen molar-refractivity contribution in [3.05, 3.63) is 0 Å². The van der Waals surface area contributed by atoms with E-state index in [1.54, 1.807) is 0 Å². The molecule has 0 amide bonds. The molecule has 0 aromatic rings. The normalized spacial score (nSPS) is 8.90. The second-order valence-electron chi connectivity index (χ2n) is 1.39. The van der Waals surface area contributed by atoms with Crippen molar-refractivity contribution in [2.45, 2.75) is 0 Å². The minimum absolute atomic E-state index is 0.271. The smallest absolute Gasteiger partial charge is 0.338 e. The van der Waals surface area contributed by atoms with Crippen LogP contribution in [0.4, 0.5) is 0 Å². The lowest BCUT2D eigenvalue weighted by molar-refractivity contribution is -0.152. The Kier molecular flexibility index (Phi) is 4.17. The Labute approximate surface area is 56.9 Å². The van der Waals surface area contributed by atoms with E-state index in [9.17, 15) is 9.59 Å². The third-order valence-corrected chi connectivity index (χ3v) is 0.576. The van der Waals surface area contributed by atoms with E-state index in [1.807, 2.05) is 5.48 Å². The quantitative estimate of drug-likeness (QED) is 0.401. The fraction of sp³-hybridized carbons (Fsp3) is 0.500. The Bertz CT molecular complexity index is 135. The van der Waals surface area contributed by atoms with Crippen LogP contribution in [-0.4, -0.2) is 30.1 Å². The summed E-state index contributed by atoms with van der Waals surface area (Å²) in [4.78, 5) is 24.1. The Balaban J connectivity index is 3.20. The molecule has 0 saturated heterocycles. The topological polar surface area (TPSA) is 102 Å². The lowest BCUT2D eigenvalue weighted by Crippen LogP contribution is -2.29. The maximum Gasteiger partial charge on any atom is 0.338 e. The monoisotopic (exact) mass is 148 g/mol. The average Bonchev–Trinajstić information content (AvgIpc) is 1.87. The lowest BCUT2D eigenvalue weighted by atomic mass is 10.7. The second-order valence-corrected chi connectivity index (χ2v) is 1.39. The van der Waals surface area contributed by atoms with Gasteiger partial charge in [0, 0.05) is 0 Å². The molecule has 4 N–H and O–H groups in total. The number of carboxylic acids is 1. The maximum atomic E-state index is 10.2. The van der Waals surface area contributed by atoms with E-state index in [-0.39, 0.29) is 6.54 Å². The van der Waals surface area contributed by atoms with Crippen LogP contribution < -0.4 is 11.2 Å². The van der Waals surface area contributed by atoms with Crippen molar-refractivity contribution in [3.8, 4) is 0 Å². The Hall–Kier alpha value is -1.14. The van der Waals surface area contributed by atoms with Gasteiger partial charge in [-0.3, -0.25) is 4.79 Å². The van der Waals surface area contributed by atoms with Gasteiger partial charge in [0.15, 0.2) is 0 Å². The SMILES string of the molecule is NCC(=O)ONCC(=O)O. The van der Waals surface area contributed by atoms with Crippen molar-refractivity contribution in [1.82, 2.24) is 5.48 Å². The van der Waals surface area contributed by atoms with E-state index in [0.29, 0.717) is 0 Å². The zero-order chi connectivity index (χ0) is 7.98. The molecule has 0 fully saturated rings. The largest absolute Gasteiger partial charge is 0.480 e. The van der Waals surface area contributed by atoms with Gasteiger partial charge >= 0.3 is 11.9 Å². The molecule has 10 heavy (non-hydrogen) atoms. The highest BCUT2D eigenvalue weighted by Gasteiger charge is 1.99. The number of hydroxylamine groups is 1. The van der Waals surface area contributed by atoms with Crippen molar-refractivity contribution in [2.75, 3.05) is 13.1 Å². The highest BCUT2D eigenvalue weighted by atomic mass is 16.7. The number of carbonyl (C=O) groups is 2. The molecule has 0 unspecified atom stereocenters. The first kappa shape index (κ1) is 8.86. The van der Waals surface area contributed by atoms with E-state index in [1.165, 1.54) is 0 Å². The van der Waals surface area contributed by atoms with Crippen molar-refractivity contribution in [3.63, 3.8) is 0 Å². The van der Waals surface area contributed by atoms with Crippen LogP contribution in [0.25, 0.3) is 0 Å². The van der Waals surface area contributed by atoms with Crippen LogP contribution in [0.5, 0.6) is 0 Å². The van der Waals surface area contributed by atoms with Crippen molar-refractivity contribution in [1.29, 1.82) is 0 Å². The second kappa shape index (κ2) is 4.71. The molecule has 0 heterocycles. The minimum Gasteiger partial charge on any atom is -0.480 e. The van der Waals surface area contributed by atoms with Gasteiger partial charge in [-0.15, -0.1) is 5.48 Å². The predicted molar refractivity (Wildman–Crippen MR) is 30.8 cm³/mol. The number of carbonyl (C=O) groups excluding carboxylic acids is 1. The summed E-state index contributed by atoms with van der Waals surface area (Å²) < 4.78 is 0. The molecule has 58 valence electrons. The van der Waals surface area contributed by atoms with Gasteiger partial charge in [-0.2, -0.15) is 0 Å². The summed E-state index contributed by atoms with van der Waals surface area (Å²) in [6.45, 7) is -0.696. The molecular weight excluding hydrogens is 140 g/mol. The third-order valence-electron chi connectivity index (χ3n) is 0.576. The van der Waals surface area contributed by atoms with E-state index < -0.39 is 18.5 Å². The molecule has 6 heteroatoms. The Morgan fingerprint density at radius 1 is 1.60 bits per heavy atom. The van der Waals surface area contributed by atoms with Gasteiger partial charge in [0.05, 0.1) is 6.54 Å². The Morgan fingerprint density at radius 2 is 2.20 bits per heavy atom. The van der Waals surface area contributed by atoms with Crippen LogP contribution >= 0.6 is 0 Å². The van der Waals surface area contributed by atoms with Gasteiger partial charge < -0.3 is 15.7 Å². The van der Waals surface area contributed by atoms with Crippen molar-refractivity contribution < 1.29 is 19.5 Å². The first-order chi connectivity index (χ1) is 4.66. The predicted octanol–water partition coefficient (Wildman–Crippen LogP) is -1.92. The fourth-order valence-corrected chi connectivity index (χ4v) is 0.220. The average molecular weight is 148 g/mol. The number of carboxylic acid groups (broad SMARTS) is 1. The number of hydrogen-bond donors (Lipinski definition) is 3. The van der Waals surface area contributed by atoms with Crippen molar-refractivity contribution >= 4 is 11.9 Å². The van der Waals surface area contributed by atoms with Gasteiger partial charge in [0.25, 0.3) is 0 Å². The lowest BCUT2D eigenvalue weighted by Gasteiger charge is -1.99. The molecule has 0 bridgehead atoms. The van der Waals surface area contributed by atoms with E-state index in [0.717, 1.165) is 0 Å². The van der Waals surface area contributed by atoms with Crippen LogP contribution in [0.1, 0.15) is 0 Å². The van der Waals surface area contributed by atoms with E-state index in [4.69, 9.17) is 10.8 Å². The fourth-order valence-electron chi connectivity index (χ4n) is 0.220. The third kappa shape index (κ3) is 5.01. The first-order valence-electron chi connectivity index (χ1n) is 2.51. The number of nitrogens with two attached hydrogens (primary N) is 1. The zero-order valence-corrected chi connectivity index (χ0v) is 5.16. The first-order valence-corrected chi connectivity index (χ1v) is 2.51. The standard InChI is InChI=1S/C4H8N2O4/c5-1-4(9)10-6-2-3(7)8/h6H,1-2,5H2,(H,7,8). The minimum atomic E-state index is -1.11. The van der Waals surface area contributed by atoms with Gasteiger partial charge in [0.1, 0.15) is 6.54 Å². The summed E-state index contributed by atoms with van der Waals surface area (Å²) in [6, 6.07) is 0. The van der Waals surface area contributed by atoms with Gasteiger partial charge in [-0.25, -0.2) is 4.79 Å². The number of nitrogens with one attached hydrogen (secondary N) is 1. The van der Waals surface area contributed by atoms with Gasteiger partial charge in [0.2, 0.25) is 0 Å². The zero-order valence-electron chi connectivity index (χ0n) is 5.16. The van der Waals surface area contributed by atoms with Crippen LogP contribution in [0, 0.1) is 0 Å². The molecule has 0 aliphatic carbocycles. The molecule has 0 aromatic carbocycles. The summed E-state index contributed by atoms with van der Waals surface area (Å²) in [7, 11) is 0. The number of rotatable bonds is 4. The molecule has 0 rings (SSSR count). The van der Waals surface area contributed by atoms with Gasteiger partial charge in [-0.1, -0.05) is 0 Å². The molecule has 0 saturated carbocycles. The maximum absolute atomic E-state index is 10.2. The summed E-state index contributed by atoms with van der Waals surface area (Å²) >= 11 is 0. The molecule has 0 spiro atoms. The molecule has 0 atom stereocenters. The summed E-state index contributed by atoms with van der Waals surface area (Å²) in [6.07, 6.45) is 0. The molecule has 0 aromatic heterocycles. The summed E-state index contributed by atoms with van der Waals surface area (Å²) in [5, 5.41) is 8.01. The van der Waals surface area contributed by atoms with E-state index >= 15 is 0 Å². The highest BCUT2D eigenvalue weighted by molar-refractivity contribution is 5.72. The molecule has 0 aliphatic heterocycles. The van der Waals surface area contributed by atoms with Crippen LogP contribution in [0.3, 0.4) is 0 Å². The number of hydrogen-bond acceptors (Lipinski definition) is 5. The molecule has 0 radical (unpaired) electrons. The van der Waals surface area contributed by atoms with E-state index in [2.05, 4.69) is 4.84 Å². The molecule has 6 nitrogen and oxygen atoms in total.